The molecule has 0 rings (SSSR count). The molecule has 10 nitrogen and oxygen atoms in total. The Balaban J connectivity index is 4.16. The number of ether oxygens (including phenoxy) is 1. The van der Waals surface area contributed by atoms with E-state index in [0.717, 1.165) is 109 Å². The van der Waals surface area contributed by atoms with Crippen LogP contribution in [0.15, 0.2) is 12.0 Å². The molecular formula is C32H62N4O6. The Kier molecular flexibility index (Phi) is 27.1. The third-order valence-electron chi connectivity index (χ3n) is 7.40. The molecule has 0 aliphatic heterocycles. The van der Waals surface area contributed by atoms with Crippen LogP contribution in [0.3, 0.4) is 0 Å². The number of unbranched alkanes of at least 4 members (excludes halogenated alkanes) is 14. The van der Waals surface area contributed by atoms with E-state index in [-0.39, 0.29) is 12.4 Å². The molecular weight excluding hydrogens is 536 g/mol. The molecule has 0 spiro atoms. The normalized spacial score (nSPS) is 11.6. The number of aliphatic carboxylic acids is 1. The number of rotatable bonds is 31. The SMILES string of the molecule is CCCCCCCCCOC(=O)CCCCCCCN(CCCCCCCC(=O)O)CCCN/C(=C/[N+](=O)[O-])N(C)C. The van der Waals surface area contributed by atoms with Gasteiger partial charge in [0.25, 0.3) is 6.20 Å². The third kappa shape index (κ3) is 27.8. The largest absolute Gasteiger partial charge is 0.481 e. The number of nitro groups is 1. The molecule has 0 aliphatic rings. The first kappa shape index (κ1) is 39.6. The lowest BCUT2D eigenvalue weighted by atomic mass is 10.1. The lowest BCUT2D eigenvalue weighted by Crippen LogP contribution is -2.32. The van der Waals surface area contributed by atoms with Crippen LogP contribution < -0.4 is 5.32 Å². The molecule has 2 N–H and O–H groups in total. The predicted molar refractivity (Wildman–Crippen MR) is 170 cm³/mol. The summed E-state index contributed by atoms with van der Waals surface area (Å²) in [6, 6.07) is 0. The van der Waals surface area contributed by atoms with Gasteiger partial charge in [0.1, 0.15) is 0 Å². The van der Waals surface area contributed by atoms with Gasteiger partial charge in [-0.3, -0.25) is 19.7 Å². The molecule has 0 fully saturated rings. The standard InChI is InChI=1S/C32H62N4O6/c1-4-5-6-7-8-15-20-28-42-32(39)23-17-12-10-14-19-26-35(25-18-13-9-11-16-22-31(37)38)27-21-24-33-30(34(2)3)29-36(40)41/h29,33H,4-28H2,1-3H3,(H,37,38)/b30-29-. The van der Waals surface area contributed by atoms with Gasteiger partial charge in [-0.15, -0.1) is 0 Å². The summed E-state index contributed by atoms with van der Waals surface area (Å²) >= 11 is 0. The molecule has 0 aliphatic carbocycles. The number of carboxylic acids is 1. The van der Waals surface area contributed by atoms with Gasteiger partial charge >= 0.3 is 11.9 Å². The highest BCUT2D eigenvalue weighted by Gasteiger charge is 2.08. The lowest BCUT2D eigenvalue weighted by Gasteiger charge is -2.23. The first-order chi connectivity index (χ1) is 20.3. The van der Waals surface area contributed by atoms with Gasteiger partial charge in [0.15, 0.2) is 5.82 Å². The Morgan fingerprint density at radius 1 is 0.762 bits per heavy atom. The summed E-state index contributed by atoms with van der Waals surface area (Å²) in [5.41, 5.74) is 0. The van der Waals surface area contributed by atoms with Gasteiger partial charge in [0, 0.05) is 33.5 Å². The molecule has 0 heterocycles. The van der Waals surface area contributed by atoms with Crippen molar-refractivity contribution in [3.63, 3.8) is 0 Å². The lowest BCUT2D eigenvalue weighted by molar-refractivity contribution is -0.404. The fraction of sp³-hybridized carbons (Fsp3) is 0.875. The van der Waals surface area contributed by atoms with Crippen molar-refractivity contribution in [3.05, 3.63) is 22.1 Å². The van der Waals surface area contributed by atoms with E-state index in [2.05, 4.69) is 17.1 Å². The Labute approximate surface area is 255 Å². The zero-order valence-corrected chi connectivity index (χ0v) is 27.1. The van der Waals surface area contributed by atoms with Crippen molar-refractivity contribution in [2.24, 2.45) is 0 Å². The second-order valence-electron chi connectivity index (χ2n) is 11.6. The predicted octanol–water partition coefficient (Wildman–Crippen LogP) is 6.96. The number of hydrogen-bond acceptors (Lipinski definition) is 8. The van der Waals surface area contributed by atoms with Crippen molar-refractivity contribution in [1.82, 2.24) is 15.1 Å². The van der Waals surface area contributed by atoms with Gasteiger partial charge in [0.2, 0.25) is 0 Å². The zero-order valence-electron chi connectivity index (χ0n) is 27.1. The van der Waals surface area contributed by atoms with Crippen LogP contribution in [0.1, 0.15) is 135 Å². The number of carbonyl (C=O) groups excluding carboxylic acids is 1. The molecule has 246 valence electrons. The zero-order chi connectivity index (χ0) is 31.3. The van der Waals surface area contributed by atoms with Crippen molar-refractivity contribution < 1.29 is 24.4 Å². The van der Waals surface area contributed by atoms with E-state index in [4.69, 9.17) is 9.84 Å². The Bertz CT molecular complexity index is 717. The third-order valence-corrected chi connectivity index (χ3v) is 7.40. The average Bonchev–Trinajstić information content (AvgIpc) is 2.93. The van der Waals surface area contributed by atoms with E-state index >= 15 is 0 Å². The van der Waals surface area contributed by atoms with Gasteiger partial charge in [-0.05, 0) is 58.2 Å². The second kappa shape index (κ2) is 28.7. The quantitative estimate of drug-likeness (QED) is 0.0377. The molecule has 0 saturated heterocycles. The molecule has 0 aromatic carbocycles. The summed E-state index contributed by atoms with van der Waals surface area (Å²) < 4.78 is 5.38. The van der Waals surface area contributed by atoms with Crippen molar-refractivity contribution in [2.45, 2.75) is 135 Å². The fourth-order valence-corrected chi connectivity index (χ4v) is 4.87. The van der Waals surface area contributed by atoms with E-state index < -0.39 is 10.9 Å². The number of carboxylic acid groups (broad SMARTS) is 1. The van der Waals surface area contributed by atoms with Gasteiger partial charge in [0.05, 0.1) is 11.5 Å². The number of nitrogens with one attached hydrogen (secondary N) is 1. The van der Waals surface area contributed by atoms with E-state index in [1.165, 1.54) is 32.1 Å². The van der Waals surface area contributed by atoms with Crippen LogP contribution in [-0.4, -0.2) is 78.6 Å². The van der Waals surface area contributed by atoms with Gasteiger partial charge in [-0.1, -0.05) is 84.0 Å². The number of carbonyl (C=O) groups is 2. The van der Waals surface area contributed by atoms with Crippen LogP contribution in [0.4, 0.5) is 0 Å². The summed E-state index contributed by atoms with van der Waals surface area (Å²) in [7, 11) is 3.57. The van der Waals surface area contributed by atoms with Crippen molar-refractivity contribution >= 4 is 11.9 Å². The van der Waals surface area contributed by atoms with Gasteiger partial charge in [-0.2, -0.15) is 0 Å². The van der Waals surface area contributed by atoms with Crippen LogP contribution in [0.25, 0.3) is 0 Å². The van der Waals surface area contributed by atoms with Crippen LogP contribution >= 0.6 is 0 Å². The highest BCUT2D eigenvalue weighted by atomic mass is 16.6. The molecule has 0 bridgehead atoms. The molecule has 42 heavy (non-hydrogen) atoms. The van der Waals surface area contributed by atoms with Crippen LogP contribution in [0.2, 0.25) is 0 Å². The molecule has 0 radical (unpaired) electrons. The topological polar surface area (TPSA) is 125 Å². The number of esters is 1. The van der Waals surface area contributed by atoms with E-state index in [9.17, 15) is 19.7 Å². The summed E-state index contributed by atoms with van der Waals surface area (Å²) in [5.74, 6) is -0.289. The Morgan fingerprint density at radius 3 is 1.81 bits per heavy atom. The number of hydrogen-bond donors (Lipinski definition) is 2. The summed E-state index contributed by atoms with van der Waals surface area (Å²) in [5, 5.41) is 22.8. The molecule has 0 aromatic rings. The van der Waals surface area contributed by atoms with Crippen molar-refractivity contribution in [3.8, 4) is 0 Å². The minimum atomic E-state index is -0.723. The Morgan fingerprint density at radius 2 is 1.26 bits per heavy atom. The maximum absolute atomic E-state index is 12.0. The van der Waals surface area contributed by atoms with Crippen molar-refractivity contribution in [2.75, 3.05) is 46.9 Å². The van der Waals surface area contributed by atoms with Crippen LogP contribution in [0, 0.1) is 10.1 Å². The summed E-state index contributed by atoms with van der Waals surface area (Å²) in [6.45, 7) is 6.40. The van der Waals surface area contributed by atoms with Crippen LogP contribution in [-0.2, 0) is 14.3 Å². The smallest absolute Gasteiger partial charge is 0.305 e. The minimum Gasteiger partial charge on any atom is -0.481 e. The first-order valence-electron chi connectivity index (χ1n) is 16.6. The maximum Gasteiger partial charge on any atom is 0.305 e. The highest BCUT2D eigenvalue weighted by Crippen LogP contribution is 2.11. The first-order valence-corrected chi connectivity index (χ1v) is 16.6. The monoisotopic (exact) mass is 598 g/mol. The number of nitrogens with zero attached hydrogens (tertiary/aromatic N) is 3. The minimum absolute atomic E-state index is 0.0609. The summed E-state index contributed by atoms with van der Waals surface area (Å²) in [6.07, 6.45) is 21.4. The summed E-state index contributed by atoms with van der Waals surface area (Å²) in [4.78, 5) is 37.2. The molecule has 0 amide bonds. The highest BCUT2D eigenvalue weighted by molar-refractivity contribution is 5.69. The molecule has 0 aromatic heterocycles. The molecule has 10 heteroatoms. The van der Waals surface area contributed by atoms with Gasteiger partial charge in [-0.25, -0.2) is 0 Å². The molecule has 0 saturated carbocycles. The second-order valence-corrected chi connectivity index (χ2v) is 11.6. The van der Waals surface area contributed by atoms with E-state index in [0.29, 0.717) is 25.4 Å². The average molecular weight is 599 g/mol. The van der Waals surface area contributed by atoms with Crippen molar-refractivity contribution in [1.29, 1.82) is 0 Å². The maximum atomic E-state index is 12.0. The van der Waals surface area contributed by atoms with E-state index in [1.807, 2.05) is 0 Å². The molecule has 0 atom stereocenters. The van der Waals surface area contributed by atoms with E-state index in [1.54, 1.807) is 19.0 Å². The van der Waals surface area contributed by atoms with Crippen LogP contribution in [0.5, 0.6) is 0 Å². The van der Waals surface area contributed by atoms with Gasteiger partial charge < -0.3 is 25.0 Å². The Hall–Kier alpha value is -2.36. The molecule has 0 unspecified atom stereocenters. The fourth-order valence-electron chi connectivity index (χ4n) is 4.87.